The molecule has 0 unspecified atom stereocenters. The van der Waals surface area contributed by atoms with Crippen LogP contribution in [0.15, 0.2) is 53.9 Å². The van der Waals surface area contributed by atoms with Crippen LogP contribution in [0.25, 0.3) is 17.1 Å². The molecule has 2 atom stereocenters. The number of carbonyl (C=O) groups excluding carboxylic acids is 1. The molecule has 7 nitrogen and oxygen atoms in total. The van der Waals surface area contributed by atoms with E-state index in [0.717, 1.165) is 23.4 Å². The van der Waals surface area contributed by atoms with Crippen molar-refractivity contribution in [3.63, 3.8) is 0 Å². The highest BCUT2D eigenvalue weighted by Gasteiger charge is 2.23. The van der Waals surface area contributed by atoms with Gasteiger partial charge in [-0.1, -0.05) is 31.5 Å². The summed E-state index contributed by atoms with van der Waals surface area (Å²) in [5, 5.41) is 12.7. The molecule has 0 bridgehead atoms. The Morgan fingerprint density at radius 2 is 2.00 bits per heavy atom. The number of hydrogen-bond donors (Lipinski definition) is 1. The second-order valence-electron chi connectivity index (χ2n) is 8.03. The lowest BCUT2D eigenvalue weighted by atomic mass is 9.86. The molecule has 1 fully saturated rings. The van der Waals surface area contributed by atoms with Crippen molar-refractivity contribution in [1.82, 2.24) is 25.1 Å². The van der Waals surface area contributed by atoms with Crippen molar-refractivity contribution in [2.45, 2.75) is 50.7 Å². The number of rotatable bonds is 8. The van der Waals surface area contributed by atoms with Gasteiger partial charge in [-0.2, -0.15) is 0 Å². The lowest BCUT2D eigenvalue weighted by Crippen LogP contribution is -2.41. The van der Waals surface area contributed by atoms with Crippen LogP contribution in [0.2, 0.25) is 0 Å². The van der Waals surface area contributed by atoms with E-state index in [1.54, 1.807) is 12.4 Å². The molecule has 1 aromatic carbocycles. The molecule has 0 saturated heterocycles. The molecule has 1 aliphatic rings. The first-order valence-corrected chi connectivity index (χ1v) is 12.2. The molecule has 0 radical (unpaired) electrons. The monoisotopic (exact) mass is 451 g/mol. The van der Waals surface area contributed by atoms with Crippen LogP contribution >= 0.6 is 11.8 Å². The van der Waals surface area contributed by atoms with Gasteiger partial charge in [0.1, 0.15) is 5.75 Å². The van der Waals surface area contributed by atoms with Gasteiger partial charge in [0.2, 0.25) is 5.91 Å². The van der Waals surface area contributed by atoms with Crippen LogP contribution in [0, 0.1) is 5.92 Å². The molecule has 4 rings (SSSR count). The van der Waals surface area contributed by atoms with Crippen LogP contribution in [0.5, 0.6) is 5.75 Å². The fourth-order valence-electron chi connectivity index (χ4n) is 4.05. The predicted octanol–water partition coefficient (Wildman–Crippen LogP) is 4.52. The van der Waals surface area contributed by atoms with Crippen molar-refractivity contribution in [2.75, 3.05) is 12.4 Å². The number of nitrogens with one attached hydrogen (secondary N) is 1. The Kier molecular flexibility index (Phi) is 7.42. The van der Waals surface area contributed by atoms with E-state index in [-0.39, 0.29) is 11.9 Å². The minimum absolute atomic E-state index is 0.0397. The largest absolute Gasteiger partial charge is 0.494 e. The van der Waals surface area contributed by atoms with Crippen molar-refractivity contribution in [1.29, 1.82) is 0 Å². The molecular formula is C24H29N5O2S. The number of ether oxygens (including phenoxy) is 1. The Morgan fingerprint density at radius 3 is 2.72 bits per heavy atom. The highest BCUT2D eigenvalue weighted by atomic mass is 32.2. The van der Waals surface area contributed by atoms with Gasteiger partial charge >= 0.3 is 0 Å². The van der Waals surface area contributed by atoms with E-state index in [2.05, 4.69) is 27.4 Å². The molecular weight excluding hydrogens is 422 g/mol. The first-order chi connectivity index (χ1) is 15.7. The third-order valence-electron chi connectivity index (χ3n) is 5.75. The van der Waals surface area contributed by atoms with Crippen LogP contribution < -0.4 is 10.1 Å². The number of pyridine rings is 1. The molecule has 2 aromatic heterocycles. The Labute approximate surface area is 193 Å². The normalized spacial score (nSPS) is 18.3. The third kappa shape index (κ3) is 5.30. The van der Waals surface area contributed by atoms with E-state index in [1.165, 1.54) is 31.0 Å². The zero-order valence-corrected chi connectivity index (χ0v) is 19.3. The SMILES string of the molecule is CCOc1ccc(-n2c(SCC(=O)N[C@@H]3CCCC[C@H]3C)nnc2-c2cccnc2)cc1. The lowest BCUT2D eigenvalue weighted by molar-refractivity contribution is -0.119. The predicted molar refractivity (Wildman–Crippen MR) is 126 cm³/mol. The first kappa shape index (κ1) is 22.3. The Morgan fingerprint density at radius 1 is 1.19 bits per heavy atom. The Bertz CT molecular complexity index is 1020. The number of nitrogens with zero attached hydrogens (tertiary/aromatic N) is 4. The van der Waals surface area contributed by atoms with Crippen molar-refractivity contribution in [3.8, 4) is 22.8 Å². The summed E-state index contributed by atoms with van der Waals surface area (Å²) < 4.78 is 7.54. The summed E-state index contributed by atoms with van der Waals surface area (Å²) in [6.45, 7) is 4.80. The maximum absolute atomic E-state index is 12.7. The number of aromatic nitrogens is 4. The molecule has 3 aromatic rings. The summed E-state index contributed by atoms with van der Waals surface area (Å²) in [6.07, 6.45) is 8.17. The highest BCUT2D eigenvalue weighted by Crippen LogP contribution is 2.29. The molecule has 1 amide bonds. The van der Waals surface area contributed by atoms with Gasteiger partial charge in [-0.05, 0) is 62.1 Å². The molecule has 2 heterocycles. The summed E-state index contributed by atoms with van der Waals surface area (Å²) >= 11 is 1.40. The zero-order chi connectivity index (χ0) is 22.3. The molecule has 168 valence electrons. The minimum atomic E-state index is 0.0397. The maximum Gasteiger partial charge on any atom is 0.230 e. The van der Waals surface area contributed by atoms with Crippen molar-refractivity contribution in [3.05, 3.63) is 48.8 Å². The van der Waals surface area contributed by atoms with Crippen molar-refractivity contribution < 1.29 is 9.53 Å². The van der Waals surface area contributed by atoms with E-state index in [4.69, 9.17) is 4.74 Å². The number of amides is 1. The average Bonchev–Trinajstić information content (AvgIpc) is 3.24. The lowest BCUT2D eigenvalue weighted by Gasteiger charge is -2.29. The van der Waals surface area contributed by atoms with E-state index in [1.807, 2.05) is 47.9 Å². The van der Waals surface area contributed by atoms with Gasteiger partial charge in [0.05, 0.1) is 12.4 Å². The second-order valence-corrected chi connectivity index (χ2v) is 8.98. The van der Waals surface area contributed by atoms with Crippen LogP contribution in [0.1, 0.15) is 39.5 Å². The average molecular weight is 452 g/mol. The van der Waals surface area contributed by atoms with Crippen molar-refractivity contribution >= 4 is 17.7 Å². The van der Waals surface area contributed by atoms with Gasteiger partial charge in [-0.3, -0.25) is 14.3 Å². The van der Waals surface area contributed by atoms with E-state index in [9.17, 15) is 4.79 Å². The third-order valence-corrected chi connectivity index (χ3v) is 6.68. The van der Waals surface area contributed by atoms with Crippen LogP contribution in [0.3, 0.4) is 0 Å². The minimum Gasteiger partial charge on any atom is -0.494 e. The molecule has 32 heavy (non-hydrogen) atoms. The zero-order valence-electron chi connectivity index (χ0n) is 18.5. The number of hydrogen-bond acceptors (Lipinski definition) is 6. The smallest absolute Gasteiger partial charge is 0.230 e. The molecule has 1 aliphatic carbocycles. The first-order valence-electron chi connectivity index (χ1n) is 11.2. The highest BCUT2D eigenvalue weighted by molar-refractivity contribution is 7.99. The standard InChI is InChI=1S/C24H29N5O2S/c1-3-31-20-12-10-19(11-13-20)29-23(18-8-6-14-25-15-18)27-28-24(29)32-16-22(30)26-21-9-5-4-7-17(21)2/h6,8,10-15,17,21H,3-5,7,9,16H2,1-2H3,(H,26,30)/t17-,21-/m1/s1. The summed E-state index contributed by atoms with van der Waals surface area (Å²) in [6, 6.07) is 11.9. The van der Waals surface area contributed by atoms with Gasteiger partial charge in [0.25, 0.3) is 0 Å². The number of benzene rings is 1. The number of carbonyl (C=O) groups is 1. The summed E-state index contributed by atoms with van der Waals surface area (Å²) in [4.78, 5) is 16.9. The fourth-order valence-corrected chi connectivity index (χ4v) is 4.81. The molecule has 1 N–H and O–H groups in total. The number of thioether (sulfide) groups is 1. The fraction of sp³-hybridized carbons (Fsp3) is 0.417. The molecule has 1 saturated carbocycles. The topological polar surface area (TPSA) is 81.9 Å². The van der Waals surface area contributed by atoms with Crippen molar-refractivity contribution in [2.24, 2.45) is 5.92 Å². The van der Waals surface area contributed by atoms with Gasteiger partial charge in [-0.15, -0.1) is 10.2 Å². The second kappa shape index (κ2) is 10.6. The van der Waals surface area contributed by atoms with E-state index in [0.29, 0.717) is 29.3 Å². The van der Waals surface area contributed by atoms with Crippen LogP contribution in [-0.4, -0.2) is 44.1 Å². The Hall–Kier alpha value is -2.87. The maximum atomic E-state index is 12.7. The quantitative estimate of drug-likeness (QED) is 0.507. The summed E-state index contributed by atoms with van der Waals surface area (Å²) in [5.74, 6) is 2.36. The van der Waals surface area contributed by atoms with E-state index >= 15 is 0 Å². The molecule has 0 spiro atoms. The molecule has 8 heteroatoms. The van der Waals surface area contributed by atoms with Gasteiger partial charge in [0.15, 0.2) is 11.0 Å². The summed E-state index contributed by atoms with van der Waals surface area (Å²) in [5.41, 5.74) is 1.77. The van der Waals surface area contributed by atoms with Gasteiger partial charge in [-0.25, -0.2) is 0 Å². The summed E-state index contributed by atoms with van der Waals surface area (Å²) in [7, 11) is 0. The molecule has 0 aliphatic heterocycles. The van der Waals surface area contributed by atoms with Crippen LogP contribution in [0.4, 0.5) is 0 Å². The van der Waals surface area contributed by atoms with E-state index < -0.39 is 0 Å². The van der Waals surface area contributed by atoms with Gasteiger partial charge in [0, 0.05) is 29.7 Å². The van der Waals surface area contributed by atoms with Gasteiger partial charge < -0.3 is 10.1 Å². The van der Waals surface area contributed by atoms with Crippen LogP contribution in [-0.2, 0) is 4.79 Å². The Balaban J connectivity index is 1.55.